The predicted octanol–water partition coefficient (Wildman–Crippen LogP) is 4.66. The highest BCUT2D eigenvalue weighted by Gasteiger charge is 2.02. The average Bonchev–Trinajstić information content (AvgIpc) is 2.32. The fourth-order valence-electron chi connectivity index (χ4n) is 1.83. The first-order valence-electron chi connectivity index (χ1n) is 5.81. The van der Waals surface area contributed by atoms with Gasteiger partial charge in [0.15, 0.2) is 0 Å². The number of anilines is 1. The van der Waals surface area contributed by atoms with Crippen molar-refractivity contribution in [2.24, 2.45) is 0 Å². The van der Waals surface area contributed by atoms with Crippen LogP contribution in [-0.2, 0) is 6.54 Å². The Hall–Kier alpha value is -1.10. The van der Waals surface area contributed by atoms with Crippen LogP contribution in [0.2, 0.25) is 0 Å². The Morgan fingerprint density at radius 1 is 1.06 bits per heavy atom. The lowest BCUT2D eigenvalue weighted by molar-refractivity contribution is 0.625. The van der Waals surface area contributed by atoms with Crippen LogP contribution in [0.15, 0.2) is 36.4 Å². The number of rotatable bonds is 3. The number of hydrogen-bond donors (Lipinski definition) is 1. The maximum absolute atomic E-state index is 13.0. The third-order valence-corrected chi connectivity index (χ3v) is 3.64. The molecule has 0 fully saturated rings. The lowest BCUT2D eigenvalue weighted by Crippen LogP contribution is -2.03. The van der Waals surface area contributed by atoms with Gasteiger partial charge in [-0.15, -0.1) is 0 Å². The SMILES string of the molecule is Cc1cc(F)ccc1CNc1cc(I)ccc1C. The summed E-state index contributed by atoms with van der Waals surface area (Å²) in [6.45, 7) is 4.73. The molecule has 0 radical (unpaired) electrons. The monoisotopic (exact) mass is 355 g/mol. The maximum atomic E-state index is 13.0. The van der Waals surface area contributed by atoms with Gasteiger partial charge in [0.1, 0.15) is 5.82 Å². The molecule has 0 amide bonds. The largest absolute Gasteiger partial charge is 0.381 e. The van der Waals surface area contributed by atoms with Gasteiger partial charge in [0.05, 0.1) is 0 Å². The molecule has 2 rings (SSSR count). The first-order valence-corrected chi connectivity index (χ1v) is 6.89. The number of nitrogens with one attached hydrogen (secondary N) is 1. The minimum atomic E-state index is -0.179. The van der Waals surface area contributed by atoms with Crippen LogP contribution in [0.4, 0.5) is 10.1 Å². The van der Waals surface area contributed by atoms with E-state index in [9.17, 15) is 4.39 Å². The molecule has 2 aromatic rings. The van der Waals surface area contributed by atoms with E-state index in [2.05, 4.69) is 53.0 Å². The Bertz CT molecular complexity index is 566. The number of hydrogen-bond acceptors (Lipinski definition) is 1. The third-order valence-electron chi connectivity index (χ3n) is 2.97. The molecule has 1 N–H and O–H groups in total. The fourth-order valence-corrected chi connectivity index (χ4v) is 2.32. The van der Waals surface area contributed by atoms with Gasteiger partial charge in [-0.1, -0.05) is 12.1 Å². The van der Waals surface area contributed by atoms with Crippen LogP contribution in [0.3, 0.4) is 0 Å². The quantitative estimate of drug-likeness (QED) is 0.790. The van der Waals surface area contributed by atoms with Crippen molar-refractivity contribution < 1.29 is 4.39 Å². The first-order chi connectivity index (χ1) is 8.56. The standard InChI is InChI=1S/C15H15FIN/c1-10-3-6-14(17)8-15(10)18-9-12-4-5-13(16)7-11(12)2/h3-8,18H,9H2,1-2H3. The first kappa shape index (κ1) is 13.3. The van der Waals surface area contributed by atoms with Crippen LogP contribution >= 0.6 is 22.6 Å². The highest BCUT2D eigenvalue weighted by Crippen LogP contribution is 2.20. The van der Waals surface area contributed by atoms with Gasteiger partial charge in [-0.25, -0.2) is 4.39 Å². The van der Waals surface area contributed by atoms with E-state index in [-0.39, 0.29) is 5.82 Å². The summed E-state index contributed by atoms with van der Waals surface area (Å²) >= 11 is 2.30. The lowest BCUT2D eigenvalue weighted by atomic mass is 10.1. The molecule has 1 nitrogen and oxygen atoms in total. The van der Waals surface area contributed by atoms with Gasteiger partial charge in [-0.2, -0.15) is 0 Å². The van der Waals surface area contributed by atoms with E-state index in [0.29, 0.717) is 6.54 Å². The molecule has 0 aliphatic carbocycles. The van der Waals surface area contributed by atoms with E-state index in [4.69, 9.17) is 0 Å². The molecule has 0 saturated carbocycles. The van der Waals surface area contributed by atoms with Gasteiger partial charge in [0, 0.05) is 15.8 Å². The fraction of sp³-hybridized carbons (Fsp3) is 0.200. The molecule has 0 aromatic heterocycles. The van der Waals surface area contributed by atoms with Crippen molar-refractivity contribution in [2.45, 2.75) is 20.4 Å². The second-order valence-corrected chi connectivity index (χ2v) is 5.63. The summed E-state index contributed by atoms with van der Waals surface area (Å²) in [5, 5.41) is 3.40. The minimum absolute atomic E-state index is 0.179. The molecule has 0 heterocycles. The average molecular weight is 355 g/mol. The molecule has 18 heavy (non-hydrogen) atoms. The highest BCUT2D eigenvalue weighted by atomic mass is 127. The van der Waals surface area contributed by atoms with E-state index in [1.807, 2.05) is 13.0 Å². The van der Waals surface area contributed by atoms with Crippen molar-refractivity contribution in [3.05, 3.63) is 62.5 Å². The van der Waals surface area contributed by atoms with Crippen molar-refractivity contribution in [3.8, 4) is 0 Å². The van der Waals surface area contributed by atoms with Crippen molar-refractivity contribution in [3.63, 3.8) is 0 Å². The van der Waals surface area contributed by atoms with E-state index in [1.54, 1.807) is 6.07 Å². The lowest BCUT2D eigenvalue weighted by Gasteiger charge is -2.12. The molecule has 94 valence electrons. The highest BCUT2D eigenvalue weighted by molar-refractivity contribution is 14.1. The van der Waals surface area contributed by atoms with Crippen LogP contribution in [-0.4, -0.2) is 0 Å². The Kier molecular flexibility index (Phi) is 4.22. The van der Waals surface area contributed by atoms with E-state index in [0.717, 1.165) is 16.8 Å². The maximum Gasteiger partial charge on any atom is 0.123 e. The van der Waals surface area contributed by atoms with Crippen LogP contribution in [0, 0.1) is 23.2 Å². The summed E-state index contributed by atoms with van der Waals surface area (Å²) < 4.78 is 14.2. The van der Waals surface area contributed by atoms with Gasteiger partial charge < -0.3 is 5.32 Å². The summed E-state index contributed by atoms with van der Waals surface area (Å²) in [5.41, 5.74) is 4.45. The third kappa shape index (κ3) is 3.22. The Balaban J connectivity index is 2.13. The van der Waals surface area contributed by atoms with Crippen molar-refractivity contribution in [1.29, 1.82) is 0 Å². The van der Waals surface area contributed by atoms with Crippen molar-refractivity contribution >= 4 is 28.3 Å². The summed E-state index contributed by atoms with van der Waals surface area (Å²) in [6, 6.07) is 11.2. The number of halogens is 2. The molecule has 0 saturated heterocycles. The predicted molar refractivity (Wildman–Crippen MR) is 82.4 cm³/mol. The summed E-state index contributed by atoms with van der Waals surface area (Å²) in [7, 11) is 0. The molecule has 0 atom stereocenters. The van der Waals surface area contributed by atoms with E-state index in [1.165, 1.54) is 15.2 Å². The topological polar surface area (TPSA) is 12.0 Å². The zero-order chi connectivity index (χ0) is 13.1. The Morgan fingerprint density at radius 2 is 1.83 bits per heavy atom. The second kappa shape index (κ2) is 5.69. The molecule has 2 aromatic carbocycles. The smallest absolute Gasteiger partial charge is 0.123 e. The summed E-state index contributed by atoms with van der Waals surface area (Å²) in [6.07, 6.45) is 0. The van der Waals surface area contributed by atoms with Crippen molar-refractivity contribution in [2.75, 3.05) is 5.32 Å². The Labute approximate surface area is 121 Å². The van der Waals surface area contributed by atoms with Gasteiger partial charge in [0.25, 0.3) is 0 Å². The van der Waals surface area contributed by atoms with Crippen LogP contribution in [0.1, 0.15) is 16.7 Å². The molecule has 0 bridgehead atoms. The van der Waals surface area contributed by atoms with Crippen LogP contribution < -0.4 is 5.32 Å². The zero-order valence-corrected chi connectivity index (χ0v) is 12.6. The van der Waals surface area contributed by atoms with Crippen LogP contribution in [0.5, 0.6) is 0 Å². The second-order valence-electron chi connectivity index (χ2n) is 4.38. The zero-order valence-electron chi connectivity index (χ0n) is 10.4. The van der Waals surface area contributed by atoms with Gasteiger partial charge in [-0.05, 0) is 77.4 Å². The molecule has 0 aliphatic heterocycles. The van der Waals surface area contributed by atoms with Crippen molar-refractivity contribution in [1.82, 2.24) is 0 Å². The number of aryl methyl sites for hydroxylation is 2. The van der Waals surface area contributed by atoms with Crippen LogP contribution in [0.25, 0.3) is 0 Å². The normalized spacial score (nSPS) is 10.4. The molecular formula is C15H15FIN. The molecule has 0 aliphatic rings. The van der Waals surface area contributed by atoms with Gasteiger partial charge in [-0.3, -0.25) is 0 Å². The van der Waals surface area contributed by atoms with E-state index < -0.39 is 0 Å². The van der Waals surface area contributed by atoms with E-state index >= 15 is 0 Å². The Morgan fingerprint density at radius 3 is 2.56 bits per heavy atom. The molecule has 3 heteroatoms. The summed E-state index contributed by atoms with van der Waals surface area (Å²) in [4.78, 5) is 0. The molecule has 0 unspecified atom stereocenters. The van der Waals surface area contributed by atoms with Gasteiger partial charge >= 0.3 is 0 Å². The number of benzene rings is 2. The summed E-state index contributed by atoms with van der Waals surface area (Å²) in [5.74, 6) is -0.179. The molecular weight excluding hydrogens is 340 g/mol. The minimum Gasteiger partial charge on any atom is -0.381 e. The molecule has 0 spiro atoms. The van der Waals surface area contributed by atoms with Gasteiger partial charge in [0.2, 0.25) is 0 Å².